The highest BCUT2D eigenvalue weighted by atomic mass is 35.5. The second kappa shape index (κ2) is 16.4. The number of carbonyl (C=O) groups is 5. The van der Waals surface area contributed by atoms with Crippen LogP contribution < -0.4 is 16.0 Å². The maximum Gasteiger partial charge on any atom is 0.407 e. The van der Waals surface area contributed by atoms with Crippen LogP contribution in [0.2, 0.25) is 0 Å². The van der Waals surface area contributed by atoms with Crippen LogP contribution in [0.4, 0.5) is 4.79 Å². The monoisotopic (exact) mass is 691 g/mol. The predicted molar refractivity (Wildman–Crippen MR) is 173 cm³/mol. The van der Waals surface area contributed by atoms with Crippen molar-refractivity contribution in [2.24, 2.45) is 5.92 Å². The molecule has 254 valence electrons. The van der Waals surface area contributed by atoms with Gasteiger partial charge in [0.1, 0.15) is 23.1 Å². The minimum atomic E-state index is -3.89. The van der Waals surface area contributed by atoms with Crippen LogP contribution in [0, 0.1) is 5.92 Å². The van der Waals surface area contributed by atoms with Gasteiger partial charge >= 0.3 is 18.0 Å². The average Bonchev–Trinajstić information content (AvgIpc) is 3.32. The molecule has 13 nitrogen and oxygen atoms in total. The highest BCUT2D eigenvalue weighted by Gasteiger charge is 2.33. The van der Waals surface area contributed by atoms with E-state index >= 15 is 0 Å². The molecular formula is C32H38ClN3O10S. The Morgan fingerprint density at radius 1 is 0.915 bits per heavy atom. The summed E-state index contributed by atoms with van der Waals surface area (Å²) in [4.78, 5) is 62.5. The molecule has 0 saturated heterocycles. The number of nitrogens with one attached hydrogen (secondary N) is 3. The summed E-state index contributed by atoms with van der Waals surface area (Å²) in [5.74, 6) is -5.07. The lowest BCUT2D eigenvalue weighted by Crippen LogP contribution is -2.57. The normalized spacial score (nSPS) is 15.3. The second-order valence-electron chi connectivity index (χ2n) is 11.3. The van der Waals surface area contributed by atoms with Gasteiger partial charge in [0.25, 0.3) is 0 Å². The summed E-state index contributed by atoms with van der Waals surface area (Å²) in [6.45, 7) is 3.32. The molecule has 47 heavy (non-hydrogen) atoms. The number of hydrogen-bond donors (Lipinski definition) is 5. The first kappa shape index (κ1) is 37.0. The third kappa shape index (κ3) is 10.3. The molecule has 3 amide bonds. The van der Waals surface area contributed by atoms with E-state index < -0.39 is 80.9 Å². The van der Waals surface area contributed by atoms with Crippen molar-refractivity contribution in [3.8, 4) is 11.1 Å². The molecule has 1 aliphatic carbocycles. The molecule has 0 saturated carbocycles. The van der Waals surface area contributed by atoms with Gasteiger partial charge in [-0.3, -0.25) is 19.2 Å². The van der Waals surface area contributed by atoms with Crippen molar-refractivity contribution >= 4 is 51.3 Å². The zero-order chi connectivity index (χ0) is 34.9. The summed E-state index contributed by atoms with van der Waals surface area (Å²) >= 11 is 5.80. The summed E-state index contributed by atoms with van der Waals surface area (Å²) in [5.41, 5.74) is 3.98. The number of aliphatic carboxylic acids is 2. The van der Waals surface area contributed by atoms with E-state index in [1.165, 1.54) is 0 Å². The Bertz CT molecular complexity index is 1600. The molecule has 0 heterocycles. The third-order valence-corrected chi connectivity index (χ3v) is 9.61. The predicted octanol–water partition coefficient (Wildman–Crippen LogP) is 3.37. The van der Waals surface area contributed by atoms with Gasteiger partial charge in [0.05, 0.1) is 12.5 Å². The lowest BCUT2D eigenvalue weighted by molar-refractivity contribution is -0.139. The maximum atomic E-state index is 13.4. The standard InChI is InChI=1S/C32H38ClN3O10S/c1-4-18(2)29(31(42)34-19(16-28(39)40)15-26(33)47(3,44)45)36-30(41)25(13-14-27(37)38)35-32(43)46-17-24-22-11-7-5-9-20(22)21-10-6-8-12-23(21)24/h5-12,15,18-19,24-25,29H,4,13-14,16-17H2,1-3H3,(H,34,42)(H,35,43)(H,36,41)(H,37,38)(H,39,40)/b26-15+/t18?,19-,25+,29-/m1/s1. The van der Waals surface area contributed by atoms with Crippen LogP contribution in [0.25, 0.3) is 11.1 Å². The number of ether oxygens (including phenoxy) is 1. The first-order chi connectivity index (χ1) is 22.1. The van der Waals surface area contributed by atoms with E-state index in [0.717, 1.165) is 34.6 Å². The number of carbonyl (C=O) groups excluding carboxylic acids is 3. The lowest BCUT2D eigenvalue weighted by Gasteiger charge is -2.27. The average molecular weight is 692 g/mol. The number of alkyl carbamates (subject to hydrolysis) is 1. The summed E-state index contributed by atoms with van der Waals surface area (Å²) in [5, 5.41) is 25.9. The third-order valence-electron chi connectivity index (χ3n) is 7.80. The molecule has 0 aromatic heterocycles. The van der Waals surface area contributed by atoms with E-state index in [1.54, 1.807) is 13.8 Å². The molecule has 2 aromatic rings. The van der Waals surface area contributed by atoms with E-state index in [9.17, 15) is 42.6 Å². The molecule has 0 spiro atoms. The van der Waals surface area contributed by atoms with Crippen molar-refractivity contribution in [3.63, 3.8) is 0 Å². The summed E-state index contributed by atoms with van der Waals surface area (Å²) in [6.07, 6.45) is -0.415. The van der Waals surface area contributed by atoms with Gasteiger partial charge in [-0.05, 0) is 40.7 Å². The number of amides is 3. The van der Waals surface area contributed by atoms with Gasteiger partial charge in [0.15, 0.2) is 9.84 Å². The Balaban J connectivity index is 1.75. The molecule has 1 aliphatic rings. The molecule has 5 N–H and O–H groups in total. The van der Waals surface area contributed by atoms with E-state index in [0.29, 0.717) is 6.42 Å². The van der Waals surface area contributed by atoms with Gasteiger partial charge in [-0.15, -0.1) is 0 Å². The van der Waals surface area contributed by atoms with E-state index in [-0.39, 0.29) is 18.9 Å². The van der Waals surface area contributed by atoms with E-state index in [1.807, 2.05) is 48.5 Å². The fraction of sp³-hybridized carbons (Fsp3) is 0.406. The minimum Gasteiger partial charge on any atom is -0.481 e. The topological polar surface area (TPSA) is 205 Å². The van der Waals surface area contributed by atoms with Gasteiger partial charge in [0.2, 0.25) is 11.8 Å². The fourth-order valence-electron chi connectivity index (χ4n) is 5.17. The van der Waals surface area contributed by atoms with Crippen molar-refractivity contribution in [2.45, 2.75) is 63.6 Å². The summed E-state index contributed by atoms with van der Waals surface area (Å²) in [7, 11) is -3.89. The van der Waals surface area contributed by atoms with Crippen LogP contribution in [0.3, 0.4) is 0 Å². The minimum absolute atomic E-state index is 0.0560. The number of rotatable bonds is 16. The number of fused-ring (bicyclic) bond motifs is 3. The zero-order valence-corrected chi connectivity index (χ0v) is 27.6. The van der Waals surface area contributed by atoms with E-state index in [4.69, 9.17) is 16.3 Å². The molecule has 0 radical (unpaired) electrons. The van der Waals surface area contributed by atoms with Crippen molar-refractivity contribution in [3.05, 3.63) is 70.1 Å². The van der Waals surface area contributed by atoms with Crippen molar-refractivity contribution in [2.75, 3.05) is 12.9 Å². The number of carboxylic acid groups (broad SMARTS) is 2. The quantitative estimate of drug-likeness (QED) is 0.174. The molecule has 0 bridgehead atoms. The SMILES string of the molecule is CCC(C)[C@@H](NC(=O)[C@H](CCC(=O)O)NC(=O)OCC1c2ccccc2-c2ccccc21)C(=O)N[C@H](/C=C(\Cl)S(C)(=O)=O)CC(=O)O. The molecule has 0 fully saturated rings. The molecule has 4 atom stereocenters. The molecular weight excluding hydrogens is 654 g/mol. The fourth-order valence-corrected chi connectivity index (χ4v) is 5.73. The molecule has 3 rings (SSSR count). The van der Waals surface area contributed by atoms with Gasteiger partial charge < -0.3 is 30.9 Å². The van der Waals surface area contributed by atoms with Crippen molar-refractivity contribution in [1.29, 1.82) is 0 Å². The smallest absolute Gasteiger partial charge is 0.407 e. The van der Waals surface area contributed by atoms with E-state index in [2.05, 4.69) is 16.0 Å². The van der Waals surface area contributed by atoms with Crippen LogP contribution in [-0.4, -0.2) is 79.5 Å². The second-order valence-corrected chi connectivity index (χ2v) is 13.9. The van der Waals surface area contributed by atoms with Crippen molar-refractivity contribution in [1.82, 2.24) is 16.0 Å². The molecule has 1 unspecified atom stereocenters. The number of benzene rings is 2. The highest BCUT2D eigenvalue weighted by molar-refractivity contribution is 7.96. The maximum absolute atomic E-state index is 13.4. The van der Waals surface area contributed by atoms with Gasteiger partial charge in [-0.2, -0.15) is 0 Å². The Hall–Kier alpha value is -4.43. The zero-order valence-electron chi connectivity index (χ0n) is 26.1. The molecule has 15 heteroatoms. The largest absolute Gasteiger partial charge is 0.481 e. The Morgan fingerprint density at radius 3 is 2.00 bits per heavy atom. The first-order valence-corrected chi connectivity index (χ1v) is 17.1. The Labute approximate surface area is 277 Å². The lowest BCUT2D eigenvalue weighted by atomic mass is 9.97. The van der Waals surface area contributed by atoms with Crippen LogP contribution >= 0.6 is 11.6 Å². The molecule has 0 aliphatic heterocycles. The first-order valence-electron chi connectivity index (χ1n) is 14.9. The summed E-state index contributed by atoms with van der Waals surface area (Å²) in [6, 6.07) is 11.4. The van der Waals surface area contributed by atoms with Crippen LogP contribution in [0.1, 0.15) is 56.6 Å². The van der Waals surface area contributed by atoms with Gasteiger partial charge in [-0.25, -0.2) is 13.2 Å². The number of hydrogen-bond acceptors (Lipinski definition) is 8. The number of halogens is 1. The van der Waals surface area contributed by atoms with Gasteiger partial charge in [0, 0.05) is 18.6 Å². The van der Waals surface area contributed by atoms with Crippen molar-refractivity contribution < 1.29 is 47.3 Å². The van der Waals surface area contributed by atoms with Gasteiger partial charge in [-0.1, -0.05) is 80.4 Å². The summed E-state index contributed by atoms with van der Waals surface area (Å²) < 4.78 is 28.4. The molecule has 2 aromatic carbocycles. The number of sulfone groups is 1. The van der Waals surface area contributed by atoms with Crippen LogP contribution in [0.5, 0.6) is 0 Å². The van der Waals surface area contributed by atoms with Crippen LogP contribution in [-0.2, 0) is 33.8 Å². The highest BCUT2D eigenvalue weighted by Crippen LogP contribution is 2.44. The van der Waals surface area contributed by atoms with Crippen LogP contribution in [0.15, 0.2) is 59.0 Å². The Kier molecular flexibility index (Phi) is 12.9. The Morgan fingerprint density at radius 2 is 1.49 bits per heavy atom. The number of carboxylic acids is 2.